The quantitative estimate of drug-likeness (QED) is 0.568. The molecule has 8 heteroatoms. The Morgan fingerprint density at radius 2 is 1.94 bits per heavy atom. The van der Waals surface area contributed by atoms with E-state index in [2.05, 4.69) is 0 Å². The van der Waals surface area contributed by atoms with Gasteiger partial charge in [0.05, 0.1) is 15.9 Å². The van der Waals surface area contributed by atoms with Crippen molar-refractivity contribution in [1.82, 2.24) is 0 Å². The molecular weight excluding hydrogens is 223 g/mol. The molecule has 0 N–H and O–H groups in total. The first-order valence-corrected chi connectivity index (χ1v) is 4.18. The maximum Gasteiger partial charge on any atom is 0.317 e. The molecule has 16 heavy (non-hydrogen) atoms. The second kappa shape index (κ2) is 5.01. The molecule has 0 aliphatic carbocycles. The molecule has 0 radical (unpaired) electrons. The predicted octanol–water partition coefficient (Wildman–Crippen LogP) is 1.85. The summed E-state index contributed by atoms with van der Waals surface area (Å²) in [5, 5.41) is 21.0. The predicted molar refractivity (Wildman–Crippen MR) is 51.2 cm³/mol. The third-order valence-corrected chi connectivity index (χ3v) is 1.68. The van der Waals surface area contributed by atoms with Crippen LogP contribution in [0.4, 0.5) is 15.8 Å². The third kappa shape index (κ3) is 2.62. The number of halogens is 1. The number of hydrogen-bond donors (Lipinski definition) is 0. The van der Waals surface area contributed by atoms with Crippen LogP contribution in [0.25, 0.3) is 0 Å². The number of nitro groups is 2. The fraction of sp³-hybridized carbons (Fsp3) is 0.250. The van der Waals surface area contributed by atoms with Crippen LogP contribution in [0.15, 0.2) is 18.2 Å². The van der Waals surface area contributed by atoms with Gasteiger partial charge in [0.1, 0.15) is 13.3 Å². The monoisotopic (exact) mass is 230 g/mol. The summed E-state index contributed by atoms with van der Waals surface area (Å²) < 4.78 is 16.6. The number of rotatable bonds is 5. The van der Waals surface area contributed by atoms with E-state index in [-0.39, 0.29) is 12.4 Å². The third-order valence-electron chi connectivity index (χ3n) is 1.68. The molecule has 0 aliphatic rings. The number of hydrogen-bond acceptors (Lipinski definition) is 5. The topological polar surface area (TPSA) is 95.5 Å². The minimum absolute atomic E-state index is 0.187. The van der Waals surface area contributed by atoms with E-state index in [0.29, 0.717) is 0 Å². The molecule has 0 aromatic heterocycles. The first kappa shape index (κ1) is 11.8. The van der Waals surface area contributed by atoms with E-state index in [9.17, 15) is 24.6 Å². The molecule has 1 aromatic rings. The van der Waals surface area contributed by atoms with Crippen LogP contribution in [0.1, 0.15) is 0 Å². The van der Waals surface area contributed by atoms with Crippen LogP contribution in [0.3, 0.4) is 0 Å². The van der Waals surface area contributed by atoms with Crippen LogP contribution in [0.2, 0.25) is 0 Å². The Hall–Kier alpha value is -2.25. The minimum atomic E-state index is -0.819. The molecule has 1 rings (SSSR count). The van der Waals surface area contributed by atoms with Crippen molar-refractivity contribution in [3.63, 3.8) is 0 Å². The molecule has 0 aliphatic heterocycles. The van der Waals surface area contributed by atoms with E-state index in [0.717, 1.165) is 18.2 Å². The second-order valence-electron chi connectivity index (χ2n) is 2.70. The van der Waals surface area contributed by atoms with Gasteiger partial charge in [0.25, 0.3) is 5.69 Å². The van der Waals surface area contributed by atoms with E-state index in [4.69, 9.17) is 4.74 Å². The SMILES string of the molecule is O=[N+]([O-])c1ccc(OCCF)c([N+](=O)[O-])c1. The van der Waals surface area contributed by atoms with Gasteiger partial charge in [0, 0.05) is 6.07 Å². The normalized spacial score (nSPS) is 9.81. The van der Waals surface area contributed by atoms with Gasteiger partial charge in [-0.15, -0.1) is 0 Å². The molecule has 0 saturated carbocycles. The summed E-state index contributed by atoms with van der Waals surface area (Å²) in [4.78, 5) is 19.4. The summed E-state index contributed by atoms with van der Waals surface area (Å²) in [6, 6.07) is 2.90. The Morgan fingerprint density at radius 3 is 2.44 bits per heavy atom. The van der Waals surface area contributed by atoms with Crippen LogP contribution in [0, 0.1) is 20.2 Å². The summed E-state index contributed by atoms with van der Waals surface area (Å²) in [5.41, 5.74) is -0.970. The van der Waals surface area contributed by atoms with Crippen molar-refractivity contribution in [3.05, 3.63) is 38.4 Å². The zero-order valence-electron chi connectivity index (χ0n) is 7.96. The fourth-order valence-corrected chi connectivity index (χ4v) is 1.03. The molecule has 0 atom stereocenters. The van der Waals surface area contributed by atoms with Gasteiger partial charge in [-0.05, 0) is 6.07 Å². The van der Waals surface area contributed by atoms with Gasteiger partial charge >= 0.3 is 5.69 Å². The highest BCUT2D eigenvalue weighted by molar-refractivity contribution is 5.53. The summed E-state index contributed by atoms with van der Waals surface area (Å²) in [7, 11) is 0. The molecule has 0 saturated heterocycles. The van der Waals surface area contributed by atoms with E-state index in [1.165, 1.54) is 0 Å². The Bertz CT molecular complexity index is 423. The molecule has 86 valence electrons. The second-order valence-corrected chi connectivity index (χ2v) is 2.70. The summed E-state index contributed by atoms with van der Waals surface area (Å²) in [6.07, 6.45) is 0. The van der Waals surface area contributed by atoms with Crippen LogP contribution in [-0.4, -0.2) is 23.1 Å². The highest BCUT2D eigenvalue weighted by Gasteiger charge is 2.20. The minimum Gasteiger partial charge on any atom is -0.484 e. The largest absolute Gasteiger partial charge is 0.484 e. The maximum atomic E-state index is 11.8. The summed E-state index contributed by atoms with van der Waals surface area (Å²) in [6.45, 7) is -1.13. The van der Waals surface area contributed by atoms with E-state index in [1.54, 1.807) is 0 Å². The van der Waals surface area contributed by atoms with Gasteiger partial charge in [0.2, 0.25) is 0 Å². The molecule has 0 amide bonds. The zero-order valence-corrected chi connectivity index (χ0v) is 7.96. The molecule has 1 aromatic carbocycles. The lowest BCUT2D eigenvalue weighted by Crippen LogP contribution is -2.02. The molecule has 0 spiro atoms. The number of alkyl halides is 1. The van der Waals surface area contributed by atoms with Gasteiger partial charge < -0.3 is 4.74 Å². The van der Waals surface area contributed by atoms with Crippen LogP contribution >= 0.6 is 0 Å². The Labute approximate surface area is 88.7 Å². The lowest BCUT2D eigenvalue weighted by atomic mass is 10.2. The standard InChI is InChI=1S/C8H7FN2O5/c9-3-4-16-8-2-1-6(10(12)13)5-7(8)11(14)15/h1-2,5H,3-4H2. The zero-order chi connectivity index (χ0) is 12.1. The van der Waals surface area contributed by atoms with Gasteiger partial charge in [-0.1, -0.05) is 0 Å². The molecule has 7 nitrogen and oxygen atoms in total. The van der Waals surface area contributed by atoms with Crippen molar-refractivity contribution in [2.45, 2.75) is 0 Å². The average Bonchev–Trinajstić information content (AvgIpc) is 2.25. The molecule has 0 heterocycles. The smallest absolute Gasteiger partial charge is 0.317 e. The van der Waals surface area contributed by atoms with E-state index < -0.39 is 27.9 Å². The fourth-order valence-electron chi connectivity index (χ4n) is 1.03. The molecule has 0 fully saturated rings. The Kier molecular flexibility index (Phi) is 3.70. The summed E-state index contributed by atoms with van der Waals surface area (Å²) in [5.74, 6) is -0.187. The average molecular weight is 230 g/mol. The Morgan fingerprint density at radius 1 is 1.25 bits per heavy atom. The van der Waals surface area contributed by atoms with Crippen molar-refractivity contribution in [1.29, 1.82) is 0 Å². The number of nitro benzene ring substituents is 2. The molecular formula is C8H7FN2O5. The van der Waals surface area contributed by atoms with E-state index >= 15 is 0 Å². The van der Waals surface area contributed by atoms with Crippen molar-refractivity contribution in [2.24, 2.45) is 0 Å². The first-order chi connectivity index (χ1) is 7.56. The van der Waals surface area contributed by atoms with Gasteiger partial charge in [-0.2, -0.15) is 0 Å². The number of ether oxygens (including phenoxy) is 1. The lowest BCUT2D eigenvalue weighted by Gasteiger charge is -2.03. The van der Waals surface area contributed by atoms with Gasteiger partial charge in [-0.3, -0.25) is 20.2 Å². The van der Waals surface area contributed by atoms with Crippen molar-refractivity contribution >= 4 is 11.4 Å². The highest BCUT2D eigenvalue weighted by Crippen LogP contribution is 2.30. The van der Waals surface area contributed by atoms with E-state index in [1.807, 2.05) is 0 Å². The lowest BCUT2D eigenvalue weighted by molar-refractivity contribution is -0.394. The molecule has 0 unspecified atom stereocenters. The van der Waals surface area contributed by atoms with Crippen LogP contribution in [0.5, 0.6) is 5.75 Å². The number of benzene rings is 1. The van der Waals surface area contributed by atoms with Crippen molar-refractivity contribution in [2.75, 3.05) is 13.3 Å². The first-order valence-electron chi connectivity index (χ1n) is 4.18. The maximum absolute atomic E-state index is 11.8. The summed E-state index contributed by atoms with van der Waals surface area (Å²) >= 11 is 0. The highest BCUT2D eigenvalue weighted by atomic mass is 19.1. The van der Waals surface area contributed by atoms with Crippen molar-refractivity contribution < 1.29 is 19.0 Å². The van der Waals surface area contributed by atoms with Crippen molar-refractivity contribution in [3.8, 4) is 5.75 Å². The van der Waals surface area contributed by atoms with Crippen LogP contribution < -0.4 is 4.74 Å². The number of non-ortho nitro benzene ring substituents is 1. The van der Waals surface area contributed by atoms with Gasteiger partial charge in [0.15, 0.2) is 5.75 Å². The number of nitrogens with zero attached hydrogens (tertiary/aromatic N) is 2. The Balaban J connectivity index is 3.09. The van der Waals surface area contributed by atoms with Crippen LogP contribution in [-0.2, 0) is 0 Å². The van der Waals surface area contributed by atoms with Gasteiger partial charge in [-0.25, -0.2) is 4.39 Å². The molecule has 0 bridgehead atoms.